The van der Waals surface area contributed by atoms with Gasteiger partial charge in [0, 0.05) is 25.7 Å². The first-order chi connectivity index (χ1) is 46.9. The Balaban J connectivity index is 5.23. The number of ether oxygens (including phenoxy) is 4. The van der Waals surface area contributed by atoms with Crippen molar-refractivity contribution in [1.82, 2.24) is 0 Å². The molecule has 0 saturated carbocycles. The molecule has 0 spiro atoms. The van der Waals surface area contributed by atoms with Crippen molar-refractivity contribution < 1.29 is 80.2 Å². The van der Waals surface area contributed by atoms with Crippen molar-refractivity contribution in [2.45, 2.75) is 426 Å². The summed E-state index contributed by atoms with van der Waals surface area (Å²) in [6, 6.07) is 0. The topological polar surface area (TPSA) is 237 Å². The van der Waals surface area contributed by atoms with E-state index in [1.807, 2.05) is 0 Å². The van der Waals surface area contributed by atoms with Crippen molar-refractivity contribution in [3.8, 4) is 0 Å². The molecule has 17 nitrogen and oxygen atoms in total. The van der Waals surface area contributed by atoms with Gasteiger partial charge in [-0.05, 0) is 37.5 Å². The van der Waals surface area contributed by atoms with Crippen LogP contribution in [0.1, 0.15) is 408 Å². The molecule has 0 aromatic carbocycles. The lowest BCUT2D eigenvalue weighted by Gasteiger charge is -2.21. The summed E-state index contributed by atoms with van der Waals surface area (Å²) in [5, 5.41) is 10.6. The van der Waals surface area contributed by atoms with E-state index >= 15 is 0 Å². The Kier molecular flexibility index (Phi) is 68.4. The number of aliphatic hydroxyl groups excluding tert-OH is 1. The molecular weight excluding hydrogens is 1270 g/mol. The number of carbonyl (C=O) groups excluding carboxylic acids is 4. The fourth-order valence-electron chi connectivity index (χ4n) is 12.0. The van der Waals surface area contributed by atoms with Crippen LogP contribution in [0.25, 0.3) is 0 Å². The third-order valence-corrected chi connectivity index (χ3v) is 20.1. The lowest BCUT2D eigenvalue weighted by molar-refractivity contribution is -0.161. The molecule has 0 aliphatic heterocycles. The molecule has 0 aromatic rings. The second-order valence-electron chi connectivity index (χ2n) is 29.1. The van der Waals surface area contributed by atoms with Gasteiger partial charge in [0.1, 0.15) is 19.3 Å². The first-order valence-corrected chi connectivity index (χ1v) is 43.5. The molecule has 0 aliphatic carbocycles. The Hall–Kier alpha value is -1.94. The Morgan fingerprint density at radius 1 is 0.278 bits per heavy atom. The fraction of sp³-hybridized carbons (Fsp3) is 0.949. The molecule has 3 N–H and O–H groups in total. The van der Waals surface area contributed by atoms with E-state index in [-0.39, 0.29) is 25.7 Å². The van der Waals surface area contributed by atoms with E-state index in [0.717, 1.165) is 102 Å². The number of phosphoric ester groups is 2. The molecule has 0 bridgehead atoms. The predicted octanol–water partition coefficient (Wildman–Crippen LogP) is 23.1. The number of hydrogen-bond donors (Lipinski definition) is 3. The summed E-state index contributed by atoms with van der Waals surface area (Å²) < 4.78 is 68.6. The van der Waals surface area contributed by atoms with Gasteiger partial charge in [-0.15, -0.1) is 0 Å². The highest BCUT2D eigenvalue weighted by Gasteiger charge is 2.30. The van der Waals surface area contributed by atoms with Crippen molar-refractivity contribution in [3.63, 3.8) is 0 Å². The van der Waals surface area contributed by atoms with Crippen molar-refractivity contribution in [3.05, 3.63) is 0 Å². The third-order valence-electron chi connectivity index (χ3n) is 18.2. The van der Waals surface area contributed by atoms with Crippen LogP contribution in [-0.4, -0.2) is 96.7 Å². The normalized spacial score (nSPS) is 14.0. The van der Waals surface area contributed by atoms with E-state index in [1.165, 1.54) is 218 Å². The molecule has 0 radical (unpaired) electrons. The van der Waals surface area contributed by atoms with Crippen LogP contribution in [0.3, 0.4) is 0 Å². The molecule has 0 rings (SSSR count). The highest BCUT2D eigenvalue weighted by molar-refractivity contribution is 7.47. The van der Waals surface area contributed by atoms with E-state index in [4.69, 9.17) is 37.0 Å². The van der Waals surface area contributed by atoms with E-state index in [9.17, 15) is 43.2 Å². The number of phosphoric acid groups is 2. The zero-order valence-corrected chi connectivity index (χ0v) is 65.2. The monoisotopic (exact) mass is 1420 g/mol. The second kappa shape index (κ2) is 69.8. The molecule has 0 aromatic heterocycles. The van der Waals surface area contributed by atoms with Crippen LogP contribution in [0, 0.1) is 11.8 Å². The standard InChI is InChI=1S/C78H152O17P2/c1-7-9-11-13-15-17-19-21-23-24-25-26-28-30-32-37-43-50-56-62-77(82)94-73(66-88-75(80)60-54-48-42-36-31-29-27-22-20-18-16-14-12-10-8-2)68-92-96(84,85)90-64-72(79)65-91-97(86,87)93-69-74(67-89-76(81)61-55-49-45-39-41-47-53-59-71(5)6)95-78(83)63-57-51-44-38-34-33-35-40-46-52-58-70(3)4/h70-74,79H,7-69H2,1-6H3,(H,84,85)(H,86,87)/t72-,73-,74-/m1/s1. The minimum Gasteiger partial charge on any atom is -0.462 e. The average Bonchev–Trinajstić information content (AvgIpc) is 1.42. The van der Waals surface area contributed by atoms with Crippen molar-refractivity contribution in [2.75, 3.05) is 39.6 Å². The Labute approximate surface area is 594 Å². The van der Waals surface area contributed by atoms with E-state index in [0.29, 0.717) is 31.6 Å². The van der Waals surface area contributed by atoms with Gasteiger partial charge in [0.05, 0.1) is 26.4 Å². The second-order valence-corrected chi connectivity index (χ2v) is 32.0. The quantitative estimate of drug-likeness (QED) is 0.0222. The molecule has 0 aliphatic rings. The number of carbonyl (C=O) groups is 4. The van der Waals surface area contributed by atoms with Gasteiger partial charge in [-0.3, -0.25) is 37.3 Å². The third kappa shape index (κ3) is 72.2. The van der Waals surface area contributed by atoms with Crippen LogP contribution in [-0.2, 0) is 65.4 Å². The largest absolute Gasteiger partial charge is 0.472 e. The first-order valence-electron chi connectivity index (χ1n) is 40.5. The summed E-state index contributed by atoms with van der Waals surface area (Å²) in [5.41, 5.74) is 0. The van der Waals surface area contributed by atoms with Crippen LogP contribution < -0.4 is 0 Å². The number of aliphatic hydroxyl groups is 1. The van der Waals surface area contributed by atoms with Gasteiger partial charge < -0.3 is 33.8 Å². The Bertz CT molecular complexity index is 1870. The molecule has 5 atom stereocenters. The van der Waals surface area contributed by atoms with Gasteiger partial charge in [0.2, 0.25) is 0 Å². The maximum absolute atomic E-state index is 13.1. The van der Waals surface area contributed by atoms with E-state index in [1.54, 1.807) is 0 Å². The number of hydrogen-bond acceptors (Lipinski definition) is 15. The zero-order valence-electron chi connectivity index (χ0n) is 63.4. The van der Waals surface area contributed by atoms with Gasteiger partial charge in [-0.2, -0.15) is 0 Å². The van der Waals surface area contributed by atoms with Crippen molar-refractivity contribution in [1.29, 1.82) is 0 Å². The average molecular weight is 1420 g/mol. The number of rotatable bonds is 77. The minimum absolute atomic E-state index is 0.105. The van der Waals surface area contributed by atoms with E-state index < -0.39 is 97.5 Å². The molecule has 576 valence electrons. The smallest absolute Gasteiger partial charge is 0.462 e. The molecule has 2 unspecified atom stereocenters. The predicted molar refractivity (Wildman–Crippen MR) is 395 cm³/mol. The van der Waals surface area contributed by atoms with Crippen LogP contribution in [0.4, 0.5) is 0 Å². The van der Waals surface area contributed by atoms with Gasteiger partial charge in [-0.25, -0.2) is 9.13 Å². The molecular formula is C78H152O17P2. The maximum Gasteiger partial charge on any atom is 0.472 e. The van der Waals surface area contributed by atoms with E-state index in [2.05, 4.69) is 41.5 Å². The summed E-state index contributed by atoms with van der Waals surface area (Å²) in [4.78, 5) is 72.9. The molecule has 0 fully saturated rings. The van der Waals surface area contributed by atoms with Crippen LogP contribution in [0.5, 0.6) is 0 Å². The summed E-state index contributed by atoms with van der Waals surface area (Å²) in [6.45, 7) is 9.55. The molecule has 0 saturated heterocycles. The lowest BCUT2D eigenvalue weighted by Crippen LogP contribution is -2.30. The minimum atomic E-state index is -4.96. The summed E-state index contributed by atoms with van der Waals surface area (Å²) >= 11 is 0. The maximum atomic E-state index is 13.1. The number of unbranched alkanes of at least 4 members (excludes halogenated alkanes) is 47. The fourth-order valence-corrected chi connectivity index (χ4v) is 13.6. The first kappa shape index (κ1) is 95.1. The lowest BCUT2D eigenvalue weighted by atomic mass is 10.0. The number of esters is 4. The zero-order chi connectivity index (χ0) is 71.4. The summed E-state index contributed by atoms with van der Waals surface area (Å²) in [7, 11) is -9.91. The summed E-state index contributed by atoms with van der Waals surface area (Å²) in [6.07, 6.45) is 58.4. The summed E-state index contributed by atoms with van der Waals surface area (Å²) in [5.74, 6) is -0.656. The van der Waals surface area contributed by atoms with Crippen molar-refractivity contribution in [2.24, 2.45) is 11.8 Å². The Morgan fingerprint density at radius 2 is 0.474 bits per heavy atom. The van der Waals surface area contributed by atoms with Gasteiger partial charge in [-0.1, -0.05) is 356 Å². The van der Waals surface area contributed by atoms with Crippen LogP contribution in [0.15, 0.2) is 0 Å². The van der Waals surface area contributed by atoms with Gasteiger partial charge in [0.25, 0.3) is 0 Å². The highest BCUT2D eigenvalue weighted by atomic mass is 31.2. The van der Waals surface area contributed by atoms with Crippen molar-refractivity contribution >= 4 is 39.5 Å². The highest BCUT2D eigenvalue weighted by Crippen LogP contribution is 2.45. The molecule has 97 heavy (non-hydrogen) atoms. The molecule has 19 heteroatoms. The van der Waals surface area contributed by atoms with Gasteiger partial charge in [0.15, 0.2) is 12.2 Å². The van der Waals surface area contributed by atoms with Crippen LogP contribution in [0.2, 0.25) is 0 Å². The van der Waals surface area contributed by atoms with Gasteiger partial charge >= 0.3 is 39.5 Å². The SMILES string of the molecule is CCCCCCCCCCCCCCCCCCCCCC(=O)O[C@H](COC(=O)CCCCCCCCCCCCCCCCC)COP(=O)(O)OC[C@@H](O)COP(=O)(O)OC[C@@H](COC(=O)CCCCCCCCCC(C)C)OC(=O)CCCCCCCCCCCCC(C)C. The molecule has 0 amide bonds. The molecule has 0 heterocycles. The Morgan fingerprint density at radius 3 is 0.701 bits per heavy atom. The van der Waals surface area contributed by atoms with Crippen LogP contribution >= 0.6 is 15.6 Å².